The monoisotopic (exact) mass is 540 g/mol. The quantitative estimate of drug-likeness (QED) is 0.209. The van der Waals surface area contributed by atoms with Crippen LogP contribution in [0.5, 0.6) is 5.75 Å². The van der Waals surface area contributed by atoms with Gasteiger partial charge in [-0.1, -0.05) is 54.1 Å². The Morgan fingerprint density at radius 3 is 2.64 bits per heavy atom. The summed E-state index contributed by atoms with van der Waals surface area (Å²) in [6.45, 7) is 2.48. The molecule has 0 saturated carbocycles. The maximum atomic E-state index is 11.2. The maximum Gasteiger partial charge on any atom is 0.263 e. The van der Waals surface area contributed by atoms with Gasteiger partial charge in [0.25, 0.3) is 5.01 Å². The number of fused-ring (bicyclic) bond motifs is 3. The average Bonchev–Trinajstić information content (AvgIpc) is 3.32. The van der Waals surface area contributed by atoms with E-state index in [-0.39, 0.29) is 6.42 Å². The SMILES string of the molecule is CCC(=Cc1sc2ccc(Cl)cc2[n+]1CCCS(=O)(=O)[O-])C=C1Oc2cc3ccccc3cc2N1C. The molecule has 0 amide bonds. The van der Waals surface area contributed by atoms with Gasteiger partial charge >= 0.3 is 0 Å². The summed E-state index contributed by atoms with van der Waals surface area (Å²) in [5.41, 5.74) is 2.98. The van der Waals surface area contributed by atoms with Crippen LogP contribution in [0, 0.1) is 0 Å². The van der Waals surface area contributed by atoms with Gasteiger partial charge in [0.2, 0.25) is 11.4 Å². The Labute approximate surface area is 219 Å². The summed E-state index contributed by atoms with van der Waals surface area (Å²) in [4.78, 5) is 2.04. The Kier molecular flexibility index (Phi) is 6.78. The van der Waals surface area contributed by atoms with Crippen LogP contribution in [0.2, 0.25) is 5.02 Å². The first kappa shape index (κ1) is 24.8. The highest BCUT2D eigenvalue weighted by molar-refractivity contribution is 7.85. The zero-order valence-electron chi connectivity index (χ0n) is 19.9. The summed E-state index contributed by atoms with van der Waals surface area (Å²) in [7, 11) is -2.28. The molecular weight excluding hydrogens is 516 g/mol. The first-order valence-electron chi connectivity index (χ1n) is 11.6. The molecule has 0 spiro atoms. The molecule has 1 aliphatic heterocycles. The van der Waals surface area contributed by atoms with Crippen molar-refractivity contribution in [2.24, 2.45) is 0 Å². The molecule has 9 heteroatoms. The van der Waals surface area contributed by atoms with Crippen molar-refractivity contribution in [3.63, 3.8) is 0 Å². The van der Waals surface area contributed by atoms with Crippen molar-refractivity contribution < 1.29 is 22.3 Å². The minimum Gasteiger partial charge on any atom is -0.748 e. The Hall–Kier alpha value is -2.91. The zero-order chi connectivity index (χ0) is 25.4. The fraction of sp³-hybridized carbons (Fsp3) is 0.222. The molecule has 0 atom stereocenters. The second kappa shape index (κ2) is 9.86. The molecule has 4 aromatic rings. The molecule has 3 aromatic carbocycles. The lowest BCUT2D eigenvalue weighted by Gasteiger charge is -2.12. The standard InChI is InChI=1S/C27H25ClN2O4S2/c1-3-18(13-26-29(2)22-15-19-7-4-5-8-20(19)16-24(22)34-26)14-27-30(11-6-12-36(31,32)33)23-17-21(28)9-10-25(23)35-27/h4-5,7-10,13-17H,3,6,11-12H2,1-2H3. The van der Waals surface area contributed by atoms with E-state index in [1.54, 1.807) is 11.3 Å². The summed E-state index contributed by atoms with van der Waals surface area (Å²) < 4.78 is 42.8. The van der Waals surface area contributed by atoms with E-state index in [0.717, 1.165) is 55.3 Å². The van der Waals surface area contributed by atoms with Crippen LogP contribution in [0.15, 0.2) is 72.1 Å². The van der Waals surface area contributed by atoms with Crippen molar-refractivity contribution in [1.82, 2.24) is 0 Å². The number of nitrogens with zero attached hydrogens (tertiary/aromatic N) is 2. The molecule has 1 aromatic heterocycles. The van der Waals surface area contributed by atoms with Gasteiger partial charge in [-0.2, -0.15) is 4.57 Å². The second-order valence-corrected chi connectivity index (χ2v) is 11.7. The number of thiazole rings is 1. The van der Waals surface area contributed by atoms with E-state index >= 15 is 0 Å². The van der Waals surface area contributed by atoms with E-state index < -0.39 is 15.9 Å². The van der Waals surface area contributed by atoms with Gasteiger partial charge in [-0.3, -0.25) is 0 Å². The topological polar surface area (TPSA) is 73.5 Å². The third kappa shape index (κ3) is 5.13. The van der Waals surface area contributed by atoms with Crippen molar-refractivity contribution in [3.05, 3.63) is 82.2 Å². The van der Waals surface area contributed by atoms with Gasteiger partial charge in [0, 0.05) is 42.5 Å². The summed E-state index contributed by atoms with van der Waals surface area (Å²) in [6.07, 6.45) is 5.12. The fourth-order valence-corrected chi connectivity index (χ4v) is 6.15. The molecule has 2 heterocycles. The normalized spacial score (nSPS) is 15.2. The predicted molar refractivity (Wildman–Crippen MR) is 146 cm³/mol. The lowest BCUT2D eigenvalue weighted by atomic mass is 10.1. The average molecular weight is 541 g/mol. The minimum atomic E-state index is -4.28. The molecule has 0 unspecified atom stereocenters. The third-order valence-corrected chi connectivity index (χ3v) is 8.36. The number of aryl methyl sites for hydroxylation is 1. The third-order valence-electron chi connectivity index (χ3n) is 6.23. The molecule has 0 fully saturated rings. The highest BCUT2D eigenvalue weighted by atomic mass is 35.5. The van der Waals surface area contributed by atoms with Crippen molar-refractivity contribution in [2.45, 2.75) is 26.3 Å². The second-order valence-electron chi connectivity index (χ2n) is 8.70. The van der Waals surface area contributed by atoms with Crippen LogP contribution in [0.3, 0.4) is 0 Å². The van der Waals surface area contributed by atoms with Gasteiger partial charge < -0.3 is 14.2 Å². The van der Waals surface area contributed by atoms with Crippen LogP contribution in [0.1, 0.15) is 24.8 Å². The van der Waals surface area contributed by atoms with Gasteiger partial charge in [0.15, 0.2) is 12.3 Å². The summed E-state index contributed by atoms with van der Waals surface area (Å²) >= 11 is 7.85. The van der Waals surface area contributed by atoms with Crippen LogP contribution in [-0.2, 0) is 16.7 Å². The molecule has 6 nitrogen and oxygen atoms in total. The zero-order valence-corrected chi connectivity index (χ0v) is 22.3. The van der Waals surface area contributed by atoms with Crippen LogP contribution < -0.4 is 14.2 Å². The molecule has 0 N–H and O–H groups in total. The highest BCUT2D eigenvalue weighted by Crippen LogP contribution is 2.41. The van der Waals surface area contributed by atoms with E-state index in [1.807, 2.05) is 52.9 Å². The van der Waals surface area contributed by atoms with E-state index in [2.05, 4.69) is 37.3 Å². The van der Waals surface area contributed by atoms with Crippen LogP contribution in [0.4, 0.5) is 5.69 Å². The first-order chi connectivity index (χ1) is 17.2. The predicted octanol–water partition coefficient (Wildman–Crippen LogP) is 6.09. The number of benzene rings is 3. The smallest absolute Gasteiger partial charge is 0.263 e. The molecule has 0 saturated heterocycles. The van der Waals surface area contributed by atoms with Gasteiger partial charge in [-0.25, -0.2) is 8.42 Å². The molecule has 36 heavy (non-hydrogen) atoms. The van der Waals surface area contributed by atoms with Gasteiger partial charge in [-0.05, 0) is 47.0 Å². The molecule has 1 aliphatic rings. The van der Waals surface area contributed by atoms with Gasteiger partial charge in [0.1, 0.15) is 4.70 Å². The number of hydrogen-bond acceptors (Lipinski definition) is 6. The fourth-order valence-electron chi connectivity index (χ4n) is 4.35. The largest absolute Gasteiger partial charge is 0.748 e. The molecule has 5 rings (SSSR count). The summed E-state index contributed by atoms with van der Waals surface area (Å²) in [5.74, 6) is 1.15. The minimum absolute atomic E-state index is 0.229. The molecule has 0 bridgehead atoms. The van der Waals surface area contributed by atoms with E-state index in [9.17, 15) is 13.0 Å². The Morgan fingerprint density at radius 2 is 1.92 bits per heavy atom. The van der Waals surface area contributed by atoms with Gasteiger partial charge in [-0.15, -0.1) is 0 Å². The van der Waals surface area contributed by atoms with Gasteiger partial charge in [0.05, 0.1) is 15.8 Å². The number of hydrogen-bond donors (Lipinski definition) is 0. The Morgan fingerprint density at radius 1 is 1.17 bits per heavy atom. The van der Waals surface area contributed by atoms with Crippen molar-refractivity contribution in [1.29, 1.82) is 0 Å². The van der Waals surface area contributed by atoms with Crippen molar-refractivity contribution >= 4 is 65.8 Å². The number of halogens is 1. The van der Waals surface area contributed by atoms with E-state index in [4.69, 9.17) is 16.3 Å². The number of rotatable bonds is 7. The molecule has 186 valence electrons. The van der Waals surface area contributed by atoms with Crippen molar-refractivity contribution in [2.75, 3.05) is 17.7 Å². The number of allylic oxidation sites excluding steroid dienone is 2. The number of ether oxygens (including phenoxy) is 1. The summed E-state index contributed by atoms with van der Waals surface area (Å²) in [5, 5.41) is 3.84. The Balaban J connectivity index is 1.50. The lowest BCUT2D eigenvalue weighted by Crippen LogP contribution is -2.36. The molecule has 0 aliphatic carbocycles. The summed E-state index contributed by atoms with van der Waals surface area (Å²) in [6, 6.07) is 18.1. The lowest BCUT2D eigenvalue weighted by molar-refractivity contribution is -0.668. The van der Waals surface area contributed by atoms with E-state index in [0.29, 0.717) is 11.6 Å². The maximum absolute atomic E-state index is 11.2. The van der Waals surface area contributed by atoms with Crippen LogP contribution in [-0.4, -0.2) is 25.8 Å². The Bertz CT molecular complexity index is 1640. The van der Waals surface area contributed by atoms with E-state index in [1.165, 1.54) is 0 Å². The number of aromatic nitrogens is 1. The van der Waals surface area contributed by atoms with Crippen LogP contribution >= 0.6 is 22.9 Å². The number of anilines is 1. The van der Waals surface area contributed by atoms with Crippen LogP contribution in [0.25, 0.3) is 27.1 Å². The first-order valence-corrected chi connectivity index (χ1v) is 14.4. The highest BCUT2D eigenvalue weighted by Gasteiger charge is 2.25. The molecular formula is C27H25ClN2O4S2. The van der Waals surface area contributed by atoms with Crippen molar-refractivity contribution in [3.8, 4) is 5.75 Å². The molecule has 0 radical (unpaired) electrons.